The number of benzene rings is 3. The molecule has 0 saturated carbocycles. The Kier molecular flexibility index (Phi) is 6.04. The van der Waals surface area contributed by atoms with Gasteiger partial charge < -0.3 is 10.1 Å². The number of ether oxygens (including phenoxy) is 1. The van der Waals surface area contributed by atoms with E-state index in [0.717, 1.165) is 22.4 Å². The summed E-state index contributed by atoms with van der Waals surface area (Å²) in [5.41, 5.74) is 4.43. The highest BCUT2D eigenvalue weighted by Crippen LogP contribution is 2.28. The van der Waals surface area contributed by atoms with Crippen LogP contribution in [0.1, 0.15) is 27.0 Å². The molecule has 0 aliphatic rings. The van der Waals surface area contributed by atoms with Gasteiger partial charge in [0.25, 0.3) is 5.91 Å². The largest absolute Gasteiger partial charge is 0.487 e. The number of hydrogen-bond acceptors (Lipinski definition) is 2. The predicted molar refractivity (Wildman–Crippen MR) is 111 cm³/mol. The molecule has 5 heteroatoms. The third-order valence-electron chi connectivity index (χ3n) is 3.96. The summed E-state index contributed by atoms with van der Waals surface area (Å²) in [5, 5.41) is 3.94. The Morgan fingerprint density at radius 1 is 0.963 bits per heavy atom. The quantitative estimate of drug-likeness (QED) is 0.535. The lowest BCUT2D eigenvalue weighted by molar-refractivity contribution is 0.102. The molecule has 0 atom stereocenters. The molecule has 0 bridgehead atoms. The van der Waals surface area contributed by atoms with Crippen molar-refractivity contribution >= 4 is 34.8 Å². The molecule has 0 heterocycles. The van der Waals surface area contributed by atoms with E-state index in [0.29, 0.717) is 28.0 Å². The molecule has 27 heavy (non-hydrogen) atoms. The van der Waals surface area contributed by atoms with Crippen molar-refractivity contribution in [3.05, 3.63) is 93.0 Å². The zero-order valence-electron chi connectivity index (χ0n) is 15.1. The summed E-state index contributed by atoms with van der Waals surface area (Å²) < 4.78 is 5.74. The van der Waals surface area contributed by atoms with Gasteiger partial charge in [0.2, 0.25) is 0 Å². The molecule has 1 N–H and O–H groups in total. The fourth-order valence-corrected chi connectivity index (χ4v) is 3.27. The number of amides is 1. The molecule has 3 aromatic rings. The van der Waals surface area contributed by atoms with Crippen LogP contribution in [0.25, 0.3) is 0 Å². The maximum absolute atomic E-state index is 12.6. The summed E-state index contributed by atoms with van der Waals surface area (Å²) in [6.07, 6.45) is 0. The highest BCUT2D eigenvalue weighted by atomic mass is 35.5. The number of carbonyl (C=O) groups excluding carboxylic acids is 1. The van der Waals surface area contributed by atoms with Crippen molar-refractivity contribution in [2.75, 3.05) is 5.32 Å². The molecule has 3 aromatic carbocycles. The van der Waals surface area contributed by atoms with Crippen molar-refractivity contribution in [3.63, 3.8) is 0 Å². The van der Waals surface area contributed by atoms with E-state index in [4.69, 9.17) is 27.9 Å². The molecule has 0 radical (unpaired) electrons. The first kappa shape index (κ1) is 19.3. The molecule has 138 valence electrons. The second-order valence-electron chi connectivity index (χ2n) is 6.39. The maximum atomic E-state index is 12.6. The first-order valence-electron chi connectivity index (χ1n) is 8.47. The van der Waals surface area contributed by atoms with Gasteiger partial charge >= 0.3 is 0 Å². The van der Waals surface area contributed by atoms with Gasteiger partial charge in [-0.25, -0.2) is 0 Å². The van der Waals surface area contributed by atoms with E-state index in [1.807, 2.05) is 44.2 Å². The standard InChI is InChI=1S/C22H19Cl2NO2/c1-14-8-15(2)10-19(9-14)25-22(26)17-5-3-4-16(11-17)13-27-21-7-6-18(23)12-20(21)24/h3-12H,13H2,1-2H3,(H,25,26). The third-order valence-corrected chi connectivity index (χ3v) is 4.49. The van der Waals surface area contributed by atoms with Gasteiger partial charge in [-0.15, -0.1) is 0 Å². The van der Waals surface area contributed by atoms with Crippen LogP contribution in [0, 0.1) is 13.8 Å². The SMILES string of the molecule is Cc1cc(C)cc(NC(=O)c2cccc(COc3ccc(Cl)cc3Cl)c2)c1. The number of halogens is 2. The Balaban J connectivity index is 1.70. The van der Waals surface area contributed by atoms with Gasteiger partial charge in [0.1, 0.15) is 12.4 Å². The van der Waals surface area contributed by atoms with E-state index in [2.05, 4.69) is 11.4 Å². The molecule has 0 saturated heterocycles. The highest BCUT2D eigenvalue weighted by Gasteiger charge is 2.09. The third kappa shape index (κ3) is 5.25. The molecule has 1 amide bonds. The van der Waals surface area contributed by atoms with Crippen LogP contribution in [0.5, 0.6) is 5.75 Å². The Labute approximate surface area is 168 Å². The monoisotopic (exact) mass is 399 g/mol. The Hall–Kier alpha value is -2.49. The maximum Gasteiger partial charge on any atom is 0.255 e. The molecule has 0 fully saturated rings. The van der Waals surface area contributed by atoms with Gasteiger partial charge in [0.15, 0.2) is 0 Å². The molecule has 3 rings (SSSR count). The van der Waals surface area contributed by atoms with E-state index in [1.54, 1.807) is 24.3 Å². The van der Waals surface area contributed by atoms with Gasteiger partial charge in [-0.05, 0) is 73.0 Å². The lowest BCUT2D eigenvalue weighted by Crippen LogP contribution is -2.12. The van der Waals surface area contributed by atoms with Crippen molar-refractivity contribution in [1.82, 2.24) is 0 Å². The van der Waals surface area contributed by atoms with Crippen LogP contribution in [0.2, 0.25) is 10.0 Å². The van der Waals surface area contributed by atoms with Crippen molar-refractivity contribution in [3.8, 4) is 5.75 Å². The molecule has 0 spiro atoms. The average molecular weight is 400 g/mol. The molecule has 0 aromatic heterocycles. The second-order valence-corrected chi connectivity index (χ2v) is 7.24. The fourth-order valence-electron chi connectivity index (χ4n) is 2.81. The number of anilines is 1. The number of nitrogens with one attached hydrogen (secondary N) is 1. The number of carbonyl (C=O) groups is 1. The van der Waals surface area contributed by atoms with Crippen LogP contribution in [-0.2, 0) is 6.61 Å². The highest BCUT2D eigenvalue weighted by molar-refractivity contribution is 6.35. The summed E-state index contributed by atoms with van der Waals surface area (Å²) in [6, 6.07) is 18.3. The lowest BCUT2D eigenvalue weighted by Gasteiger charge is -2.10. The molecule has 0 aliphatic carbocycles. The summed E-state index contributed by atoms with van der Waals surface area (Å²) in [4.78, 5) is 12.6. The van der Waals surface area contributed by atoms with Crippen LogP contribution >= 0.6 is 23.2 Å². The second kappa shape index (κ2) is 8.47. The number of hydrogen-bond donors (Lipinski definition) is 1. The van der Waals surface area contributed by atoms with Crippen molar-refractivity contribution < 1.29 is 9.53 Å². The summed E-state index contributed by atoms with van der Waals surface area (Å²) in [5.74, 6) is 0.387. The van der Waals surface area contributed by atoms with E-state index in [1.165, 1.54) is 0 Å². The minimum Gasteiger partial charge on any atom is -0.487 e. The number of rotatable bonds is 5. The molecule has 0 aliphatic heterocycles. The minimum absolute atomic E-state index is 0.161. The fraction of sp³-hybridized carbons (Fsp3) is 0.136. The van der Waals surface area contributed by atoms with Gasteiger partial charge in [-0.2, -0.15) is 0 Å². The van der Waals surface area contributed by atoms with Crippen LogP contribution < -0.4 is 10.1 Å². The molecule has 0 unspecified atom stereocenters. The van der Waals surface area contributed by atoms with E-state index >= 15 is 0 Å². The van der Waals surface area contributed by atoms with E-state index in [9.17, 15) is 4.79 Å². The topological polar surface area (TPSA) is 38.3 Å². The van der Waals surface area contributed by atoms with Crippen molar-refractivity contribution in [2.45, 2.75) is 20.5 Å². The minimum atomic E-state index is -0.161. The van der Waals surface area contributed by atoms with Gasteiger partial charge in [0, 0.05) is 16.3 Å². The first-order chi connectivity index (χ1) is 12.9. The summed E-state index contributed by atoms with van der Waals surface area (Å²) >= 11 is 12.0. The number of aryl methyl sites for hydroxylation is 2. The van der Waals surface area contributed by atoms with Crippen LogP contribution in [0.4, 0.5) is 5.69 Å². The van der Waals surface area contributed by atoms with Gasteiger partial charge in [-0.3, -0.25) is 4.79 Å². The summed E-state index contributed by atoms with van der Waals surface area (Å²) in [7, 11) is 0. The molecular formula is C22H19Cl2NO2. The Morgan fingerprint density at radius 3 is 2.41 bits per heavy atom. The van der Waals surface area contributed by atoms with Crippen LogP contribution in [0.15, 0.2) is 60.7 Å². The lowest BCUT2D eigenvalue weighted by atomic mass is 10.1. The summed E-state index contributed by atoms with van der Waals surface area (Å²) in [6.45, 7) is 4.30. The van der Waals surface area contributed by atoms with Gasteiger partial charge in [0.05, 0.1) is 5.02 Å². The predicted octanol–water partition coefficient (Wildman–Crippen LogP) is 6.44. The van der Waals surface area contributed by atoms with Crippen molar-refractivity contribution in [1.29, 1.82) is 0 Å². The Morgan fingerprint density at radius 2 is 1.70 bits per heavy atom. The average Bonchev–Trinajstić information content (AvgIpc) is 2.60. The smallest absolute Gasteiger partial charge is 0.255 e. The normalized spacial score (nSPS) is 10.5. The Bertz CT molecular complexity index is 966. The van der Waals surface area contributed by atoms with E-state index in [-0.39, 0.29) is 5.91 Å². The van der Waals surface area contributed by atoms with E-state index < -0.39 is 0 Å². The first-order valence-corrected chi connectivity index (χ1v) is 9.23. The van der Waals surface area contributed by atoms with Gasteiger partial charge in [-0.1, -0.05) is 41.4 Å². The zero-order chi connectivity index (χ0) is 19.4. The zero-order valence-corrected chi connectivity index (χ0v) is 16.6. The van der Waals surface area contributed by atoms with Crippen LogP contribution in [-0.4, -0.2) is 5.91 Å². The molecular weight excluding hydrogens is 381 g/mol. The molecule has 3 nitrogen and oxygen atoms in total. The van der Waals surface area contributed by atoms with Crippen molar-refractivity contribution in [2.24, 2.45) is 0 Å². The van der Waals surface area contributed by atoms with Crippen LogP contribution in [0.3, 0.4) is 0 Å².